The van der Waals surface area contributed by atoms with E-state index >= 15 is 0 Å². The van der Waals surface area contributed by atoms with Crippen molar-refractivity contribution in [3.8, 4) is 5.75 Å². The molecule has 3 nitrogen and oxygen atoms in total. The van der Waals surface area contributed by atoms with Crippen LogP contribution in [0.3, 0.4) is 0 Å². The summed E-state index contributed by atoms with van der Waals surface area (Å²) in [4.78, 5) is 2.29. The highest BCUT2D eigenvalue weighted by atomic mass is 16.5. The Hall–Kier alpha value is -1.48. The molecule has 1 heterocycles. The number of likely N-dealkylation sites (N-methyl/N-ethyl adjacent to an activating group) is 1. The van der Waals surface area contributed by atoms with Crippen molar-refractivity contribution in [3.63, 3.8) is 0 Å². The Morgan fingerprint density at radius 3 is 2.88 bits per heavy atom. The van der Waals surface area contributed by atoms with Crippen molar-refractivity contribution in [2.75, 3.05) is 27.2 Å². The van der Waals surface area contributed by atoms with Crippen molar-refractivity contribution in [2.24, 2.45) is 0 Å². The molecular weight excluding hydrogens is 214 g/mol. The van der Waals surface area contributed by atoms with Gasteiger partial charge < -0.3 is 14.1 Å². The van der Waals surface area contributed by atoms with Gasteiger partial charge in [-0.2, -0.15) is 0 Å². The summed E-state index contributed by atoms with van der Waals surface area (Å²) < 4.78 is 10.7. The molecule has 1 aromatic heterocycles. The molecule has 1 aromatic carbocycles. The number of rotatable bonds is 5. The summed E-state index contributed by atoms with van der Waals surface area (Å²) in [6.45, 7) is 4.29. The summed E-state index contributed by atoms with van der Waals surface area (Å²) in [7, 11) is 3.80. The summed E-state index contributed by atoms with van der Waals surface area (Å²) in [5.74, 6) is 0.837. The fraction of sp³-hybridized carbons (Fsp3) is 0.429. The lowest BCUT2D eigenvalue weighted by Crippen LogP contribution is -2.20. The number of hydrogen-bond donors (Lipinski definition) is 0. The molecule has 0 fully saturated rings. The van der Waals surface area contributed by atoms with E-state index in [4.69, 9.17) is 9.15 Å². The molecule has 3 heteroatoms. The van der Waals surface area contributed by atoms with Crippen LogP contribution in [-0.4, -0.2) is 32.1 Å². The predicted molar refractivity (Wildman–Crippen MR) is 69.6 cm³/mol. The monoisotopic (exact) mass is 233 g/mol. The van der Waals surface area contributed by atoms with E-state index < -0.39 is 0 Å². The van der Waals surface area contributed by atoms with Gasteiger partial charge in [-0.3, -0.25) is 0 Å². The van der Waals surface area contributed by atoms with Crippen molar-refractivity contribution in [1.29, 1.82) is 0 Å². The molecule has 0 atom stereocenters. The molecule has 92 valence electrons. The molecule has 2 aromatic rings. The van der Waals surface area contributed by atoms with Gasteiger partial charge in [-0.25, -0.2) is 0 Å². The third-order valence-corrected chi connectivity index (χ3v) is 3.17. The second-order valence-corrected chi connectivity index (χ2v) is 4.27. The van der Waals surface area contributed by atoms with Crippen LogP contribution < -0.4 is 4.74 Å². The Bertz CT molecular complexity index is 490. The lowest BCUT2D eigenvalue weighted by Gasteiger charge is -2.12. The van der Waals surface area contributed by atoms with E-state index in [1.165, 1.54) is 10.9 Å². The van der Waals surface area contributed by atoms with Crippen molar-refractivity contribution in [1.82, 2.24) is 4.90 Å². The van der Waals surface area contributed by atoms with Crippen molar-refractivity contribution in [3.05, 3.63) is 30.0 Å². The van der Waals surface area contributed by atoms with Crippen LogP contribution in [0.2, 0.25) is 0 Å². The first kappa shape index (κ1) is 12.0. The Morgan fingerprint density at radius 1 is 1.35 bits per heavy atom. The third kappa shape index (κ3) is 2.61. The standard InChI is InChI=1S/C14H19NO2/c1-4-15(2)8-7-11-10-17-14-9-12(16-3)5-6-13(11)14/h5-6,9-10H,4,7-8H2,1-3H3. The number of hydrogen-bond acceptors (Lipinski definition) is 3. The van der Waals surface area contributed by atoms with Crippen LogP contribution in [0.1, 0.15) is 12.5 Å². The topological polar surface area (TPSA) is 25.6 Å². The van der Waals surface area contributed by atoms with Gasteiger partial charge in [0.15, 0.2) is 0 Å². The quantitative estimate of drug-likeness (QED) is 0.794. The van der Waals surface area contributed by atoms with Crippen LogP contribution in [0.25, 0.3) is 11.0 Å². The van der Waals surface area contributed by atoms with Crippen LogP contribution in [0.5, 0.6) is 5.75 Å². The first-order chi connectivity index (χ1) is 8.24. The first-order valence-corrected chi connectivity index (χ1v) is 5.97. The van der Waals surface area contributed by atoms with Gasteiger partial charge in [0.25, 0.3) is 0 Å². The van der Waals surface area contributed by atoms with Gasteiger partial charge in [-0.15, -0.1) is 0 Å². The minimum absolute atomic E-state index is 0.837. The summed E-state index contributed by atoms with van der Waals surface area (Å²) in [5, 5.41) is 1.19. The number of fused-ring (bicyclic) bond motifs is 1. The van der Waals surface area contributed by atoms with Gasteiger partial charge in [0.1, 0.15) is 11.3 Å². The average Bonchev–Trinajstić information content (AvgIpc) is 2.77. The molecule has 0 saturated heterocycles. The summed E-state index contributed by atoms with van der Waals surface area (Å²) in [6, 6.07) is 5.98. The largest absolute Gasteiger partial charge is 0.497 e. The zero-order valence-corrected chi connectivity index (χ0v) is 10.7. The third-order valence-electron chi connectivity index (χ3n) is 3.17. The number of furan rings is 1. The molecule has 0 aliphatic rings. The Balaban J connectivity index is 2.18. The number of methoxy groups -OCH3 is 1. The average molecular weight is 233 g/mol. The highest BCUT2D eigenvalue weighted by molar-refractivity contribution is 5.82. The maximum atomic E-state index is 5.56. The van der Waals surface area contributed by atoms with Crippen molar-refractivity contribution < 1.29 is 9.15 Å². The zero-order valence-electron chi connectivity index (χ0n) is 10.7. The molecule has 0 N–H and O–H groups in total. The SMILES string of the molecule is CCN(C)CCc1coc2cc(OC)ccc12. The number of ether oxygens (including phenoxy) is 1. The van der Waals surface area contributed by atoms with Gasteiger partial charge >= 0.3 is 0 Å². The van der Waals surface area contributed by atoms with E-state index in [1.54, 1.807) is 7.11 Å². The maximum absolute atomic E-state index is 5.56. The molecule has 17 heavy (non-hydrogen) atoms. The Labute approximate surface area is 102 Å². The Morgan fingerprint density at radius 2 is 2.18 bits per heavy atom. The molecular formula is C14H19NO2. The summed E-state index contributed by atoms with van der Waals surface area (Å²) in [6.07, 6.45) is 2.87. The molecule has 0 spiro atoms. The normalized spacial score (nSPS) is 11.3. The lowest BCUT2D eigenvalue weighted by atomic mass is 10.1. The summed E-state index contributed by atoms with van der Waals surface area (Å²) >= 11 is 0. The number of benzene rings is 1. The summed E-state index contributed by atoms with van der Waals surface area (Å²) in [5.41, 5.74) is 2.17. The van der Waals surface area contributed by atoms with Gasteiger partial charge in [-0.05, 0) is 37.7 Å². The zero-order chi connectivity index (χ0) is 12.3. The van der Waals surface area contributed by atoms with E-state index in [-0.39, 0.29) is 0 Å². The van der Waals surface area contributed by atoms with Gasteiger partial charge in [0.05, 0.1) is 13.4 Å². The predicted octanol–water partition coefficient (Wildman–Crippen LogP) is 2.94. The minimum atomic E-state index is 0.837. The molecule has 0 amide bonds. The molecule has 0 aliphatic carbocycles. The van der Waals surface area contributed by atoms with Gasteiger partial charge in [0, 0.05) is 18.0 Å². The van der Waals surface area contributed by atoms with Crippen LogP contribution in [0.15, 0.2) is 28.9 Å². The Kier molecular flexibility index (Phi) is 3.69. The molecule has 0 aliphatic heterocycles. The van der Waals surface area contributed by atoms with Gasteiger partial charge in [0.2, 0.25) is 0 Å². The van der Waals surface area contributed by atoms with E-state index in [0.717, 1.165) is 30.8 Å². The van der Waals surface area contributed by atoms with Crippen LogP contribution >= 0.6 is 0 Å². The highest BCUT2D eigenvalue weighted by Crippen LogP contribution is 2.25. The maximum Gasteiger partial charge on any atom is 0.137 e. The highest BCUT2D eigenvalue weighted by Gasteiger charge is 2.07. The first-order valence-electron chi connectivity index (χ1n) is 5.97. The molecule has 0 unspecified atom stereocenters. The van der Waals surface area contributed by atoms with Crippen LogP contribution in [0, 0.1) is 0 Å². The fourth-order valence-corrected chi connectivity index (χ4v) is 1.85. The van der Waals surface area contributed by atoms with Crippen LogP contribution in [-0.2, 0) is 6.42 Å². The van der Waals surface area contributed by atoms with Crippen molar-refractivity contribution >= 4 is 11.0 Å². The smallest absolute Gasteiger partial charge is 0.137 e. The number of nitrogens with zero attached hydrogens (tertiary/aromatic N) is 1. The van der Waals surface area contributed by atoms with Crippen LogP contribution in [0.4, 0.5) is 0 Å². The molecule has 0 bridgehead atoms. The second kappa shape index (κ2) is 5.23. The van der Waals surface area contributed by atoms with Crippen molar-refractivity contribution in [2.45, 2.75) is 13.3 Å². The second-order valence-electron chi connectivity index (χ2n) is 4.27. The minimum Gasteiger partial charge on any atom is -0.497 e. The van der Waals surface area contributed by atoms with Gasteiger partial charge in [-0.1, -0.05) is 6.92 Å². The van der Waals surface area contributed by atoms with E-state index in [1.807, 2.05) is 18.4 Å². The molecule has 0 saturated carbocycles. The van der Waals surface area contributed by atoms with E-state index in [2.05, 4.69) is 24.9 Å². The fourth-order valence-electron chi connectivity index (χ4n) is 1.85. The molecule has 2 rings (SSSR count). The molecule has 0 radical (unpaired) electrons. The lowest BCUT2D eigenvalue weighted by molar-refractivity contribution is 0.357. The van der Waals surface area contributed by atoms with E-state index in [9.17, 15) is 0 Å². The van der Waals surface area contributed by atoms with E-state index in [0.29, 0.717) is 0 Å².